The van der Waals surface area contributed by atoms with Crippen LogP contribution in [0.4, 0.5) is 4.39 Å². The third-order valence-electron chi connectivity index (χ3n) is 4.25. The lowest BCUT2D eigenvalue weighted by molar-refractivity contribution is 0.0951. The van der Waals surface area contributed by atoms with Gasteiger partial charge in [-0.1, -0.05) is 0 Å². The molecule has 5 nitrogen and oxygen atoms in total. The third-order valence-corrected chi connectivity index (χ3v) is 4.25. The highest BCUT2D eigenvalue weighted by atomic mass is 35.5. The second-order valence-corrected chi connectivity index (χ2v) is 5.92. The van der Waals surface area contributed by atoms with Crippen LogP contribution in [0.25, 0.3) is 11.3 Å². The van der Waals surface area contributed by atoms with Crippen molar-refractivity contribution in [2.45, 2.75) is 19.3 Å². The Hall–Kier alpha value is -1.92. The van der Waals surface area contributed by atoms with Crippen molar-refractivity contribution in [1.29, 1.82) is 0 Å². The summed E-state index contributed by atoms with van der Waals surface area (Å²) in [6.45, 7) is 2.78. The molecule has 2 heterocycles. The predicted octanol–water partition coefficient (Wildman–Crippen LogP) is 2.76. The monoisotopic (exact) mass is 352 g/mol. The summed E-state index contributed by atoms with van der Waals surface area (Å²) in [7, 11) is 0. The summed E-state index contributed by atoms with van der Waals surface area (Å²) in [5, 5.41) is 13.1. The van der Waals surface area contributed by atoms with Crippen LogP contribution in [0.1, 0.15) is 29.6 Å². The lowest BCUT2D eigenvalue weighted by atomic mass is 9.96. The molecule has 3 N–H and O–H groups in total. The Morgan fingerprint density at radius 2 is 2.12 bits per heavy atom. The molecule has 1 atom stereocenters. The van der Waals surface area contributed by atoms with E-state index in [1.807, 2.05) is 0 Å². The molecule has 0 aliphatic carbocycles. The predicted molar refractivity (Wildman–Crippen MR) is 93.8 cm³/mol. The van der Waals surface area contributed by atoms with Gasteiger partial charge in [-0.25, -0.2) is 4.39 Å². The van der Waals surface area contributed by atoms with E-state index < -0.39 is 0 Å². The first kappa shape index (κ1) is 18.4. The van der Waals surface area contributed by atoms with Gasteiger partial charge >= 0.3 is 0 Å². The van der Waals surface area contributed by atoms with E-state index in [4.69, 9.17) is 0 Å². The number of aromatic amines is 1. The molecule has 1 saturated heterocycles. The fourth-order valence-corrected chi connectivity index (χ4v) is 2.95. The van der Waals surface area contributed by atoms with Gasteiger partial charge in [0.05, 0.1) is 17.5 Å². The minimum absolute atomic E-state index is 0. The third kappa shape index (κ3) is 4.55. The summed E-state index contributed by atoms with van der Waals surface area (Å²) in [5.74, 6) is 0.173. The van der Waals surface area contributed by atoms with Crippen LogP contribution < -0.4 is 10.6 Å². The SMILES string of the molecule is Cl.O=C(NCCC1CCCNC1)c1cn[nH]c1-c1ccc(F)cc1. The second-order valence-electron chi connectivity index (χ2n) is 5.92. The van der Waals surface area contributed by atoms with Gasteiger partial charge in [0, 0.05) is 12.1 Å². The van der Waals surface area contributed by atoms with Crippen LogP contribution in [0.15, 0.2) is 30.5 Å². The molecule has 0 radical (unpaired) electrons. The number of carbonyl (C=O) groups excluding carboxylic acids is 1. The number of rotatable bonds is 5. The first-order valence-electron chi connectivity index (χ1n) is 8.02. The summed E-state index contributed by atoms with van der Waals surface area (Å²) < 4.78 is 13.0. The maximum absolute atomic E-state index is 13.0. The van der Waals surface area contributed by atoms with E-state index in [9.17, 15) is 9.18 Å². The van der Waals surface area contributed by atoms with Crippen LogP contribution in [0.5, 0.6) is 0 Å². The van der Waals surface area contributed by atoms with Crippen LogP contribution in [0, 0.1) is 11.7 Å². The van der Waals surface area contributed by atoms with Gasteiger partial charge < -0.3 is 10.6 Å². The van der Waals surface area contributed by atoms with E-state index in [0.29, 0.717) is 23.7 Å². The van der Waals surface area contributed by atoms with Crippen LogP contribution in [-0.4, -0.2) is 35.7 Å². The molecular formula is C17H22ClFN4O. The highest BCUT2D eigenvalue weighted by molar-refractivity contribution is 5.99. The zero-order chi connectivity index (χ0) is 16.1. The molecule has 7 heteroatoms. The molecule has 24 heavy (non-hydrogen) atoms. The van der Waals surface area contributed by atoms with E-state index in [-0.39, 0.29) is 24.1 Å². The van der Waals surface area contributed by atoms with Crippen molar-refractivity contribution in [3.8, 4) is 11.3 Å². The molecule has 0 spiro atoms. The fraction of sp³-hybridized carbons (Fsp3) is 0.412. The summed E-state index contributed by atoms with van der Waals surface area (Å²) in [5.41, 5.74) is 1.84. The van der Waals surface area contributed by atoms with Crippen LogP contribution in [0.3, 0.4) is 0 Å². The average Bonchev–Trinajstić information content (AvgIpc) is 3.06. The van der Waals surface area contributed by atoms with Crippen molar-refractivity contribution in [3.05, 3.63) is 41.8 Å². The van der Waals surface area contributed by atoms with Gasteiger partial charge in [-0.15, -0.1) is 12.4 Å². The molecule has 1 aromatic heterocycles. The van der Waals surface area contributed by atoms with Crippen molar-refractivity contribution < 1.29 is 9.18 Å². The number of carbonyl (C=O) groups is 1. The summed E-state index contributed by atoms with van der Waals surface area (Å²) in [4.78, 5) is 12.3. The zero-order valence-electron chi connectivity index (χ0n) is 13.3. The highest BCUT2D eigenvalue weighted by Gasteiger charge is 2.17. The molecule has 1 aliphatic rings. The largest absolute Gasteiger partial charge is 0.352 e. The lowest BCUT2D eigenvalue weighted by Crippen LogP contribution is -2.33. The lowest BCUT2D eigenvalue weighted by Gasteiger charge is -2.22. The van der Waals surface area contributed by atoms with Gasteiger partial charge in [-0.3, -0.25) is 9.89 Å². The molecule has 0 bridgehead atoms. The highest BCUT2D eigenvalue weighted by Crippen LogP contribution is 2.21. The van der Waals surface area contributed by atoms with E-state index >= 15 is 0 Å². The smallest absolute Gasteiger partial charge is 0.255 e. The Balaban J connectivity index is 0.00000208. The van der Waals surface area contributed by atoms with Crippen LogP contribution in [0.2, 0.25) is 0 Å². The van der Waals surface area contributed by atoms with Gasteiger partial charge in [-0.2, -0.15) is 5.10 Å². The summed E-state index contributed by atoms with van der Waals surface area (Å²) >= 11 is 0. The van der Waals surface area contributed by atoms with Gasteiger partial charge in [0.25, 0.3) is 5.91 Å². The van der Waals surface area contributed by atoms with Gasteiger partial charge in [0.1, 0.15) is 5.82 Å². The maximum atomic E-state index is 13.0. The van der Waals surface area contributed by atoms with Crippen molar-refractivity contribution >= 4 is 18.3 Å². The van der Waals surface area contributed by atoms with E-state index in [2.05, 4.69) is 20.8 Å². The van der Waals surface area contributed by atoms with Crippen LogP contribution >= 0.6 is 12.4 Å². The zero-order valence-corrected chi connectivity index (χ0v) is 14.2. The number of halogens is 2. The Labute approximate surface area is 146 Å². The first-order valence-corrected chi connectivity index (χ1v) is 8.02. The topological polar surface area (TPSA) is 69.8 Å². The number of amides is 1. The van der Waals surface area contributed by atoms with Crippen molar-refractivity contribution in [3.63, 3.8) is 0 Å². The Bertz CT molecular complexity index is 653. The van der Waals surface area contributed by atoms with Gasteiger partial charge in [0.15, 0.2) is 0 Å². The molecule has 1 aliphatic heterocycles. The normalized spacial score (nSPS) is 17.1. The molecule has 1 aromatic carbocycles. The van der Waals surface area contributed by atoms with Crippen molar-refractivity contribution in [2.24, 2.45) is 5.92 Å². The number of benzene rings is 1. The number of aromatic nitrogens is 2. The molecule has 2 aromatic rings. The molecule has 0 saturated carbocycles. The average molecular weight is 353 g/mol. The molecule has 130 valence electrons. The number of hydrogen-bond donors (Lipinski definition) is 3. The summed E-state index contributed by atoms with van der Waals surface area (Å²) in [6.07, 6.45) is 4.91. The van der Waals surface area contributed by atoms with E-state index in [1.165, 1.54) is 31.2 Å². The van der Waals surface area contributed by atoms with Crippen LogP contribution in [-0.2, 0) is 0 Å². The minimum atomic E-state index is -0.305. The van der Waals surface area contributed by atoms with Crippen molar-refractivity contribution in [2.75, 3.05) is 19.6 Å². The standard InChI is InChI=1S/C17H21FN4O.ClH/c18-14-5-3-13(4-6-14)16-15(11-21-22-16)17(23)20-9-7-12-2-1-8-19-10-12;/h3-6,11-12,19H,1-2,7-10H2,(H,20,23)(H,21,22);1H. The Kier molecular flexibility index (Phi) is 6.75. The molecule has 1 fully saturated rings. The van der Waals surface area contributed by atoms with Gasteiger partial charge in [0.2, 0.25) is 0 Å². The molecule has 1 amide bonds. The number of H-pyrrole nitrogens is 1. The number of nitrogens with one attached hydrogen (secondary N) is 3. The Morgan fingerprint density at radius 3 is 2.83 bits per heavy atom. The summed E-state index contributed by atoms with van der Waals surface area (Å²) in [6, 6.07) is 6.00. The minimum Gasteiger partial charge on any atom is -0.352 e. The van der Waals surface area contributed by atoms with E-state index in [1.54, 1.807) is 12.1 Å². The molecule has 3 rings (SSSR count). The number of nitrogens with zero attached hydrogens (tertiary/aromatic N) is 1. The number of piperidine rings is 1. The maximum Gasteiger partial charge on any atom is 0.255 e. The van der Waals surface area contributed by atoms with E-state index in [0.717, 1.165) is 25.1 Å². The molecule has 1 unspecified atom stereocenters. The Morgan fingerprint density at radius 1 is 1.33 bits per heavy atom. The van der Waals surface area contributed by atoms with Crippen molar-refractivity contribution in [1.82, 2.24) is 20.8 Å². The quantitative estimate of drug-likeness (QED) is 0.775. The fourth-order valence-electron chi connectivity index (χ4n) is 2.95. The number of hydrogen-bond acceptors (Lipinski definition) is 3. The first-order chi connectivity index (χ1) is 11.2. The molecular weight excluding hydrogens is 331 g/mol. The van der Waals surface area contributed by atoms with Gasteiger partial charge in [-0.05, 0) is 62.5 Å². The second kappa shape index (κ2) is 8.80.